The Morgan fingerprint density at radius 1 is 0.493 bits per heavy atom. The first-order valence-corrected chi connectivity index (χ1v) is 20.3. The third kappa shape index (κ3) is 17.5. The third-order valence-electron chi connectivity index (χ3n) is 9.14. The van der Waals surface area contributed by atoms with E-state index in [1.807, 2.05) is 48.5 Å². The predicted octanol–water partition coefficient (Wildman–Crippen LogP) is 8.71. The van der Waals surface area contributed by atoms with Crippen LogP contribution in [0, 0.1) is 44.8 Å². The molecule has 16 heteroatoms. The molecule has 6 aromatic carbocycles. The highest BCUT2D eigenvalue weighted by molar-refractivity contribution is 5.91. The highest BCUT2D eigenvalue weighted by Crippen LogP contribution is 2.21. The highest BCUT2D eigenvalue weighted by atomic mass is 16.6. The SMILES string of the molecule is C=CC(=O)OCc1ccc(-c2ccc(C#N)cc2)cc1.C=CC(=O)OCc1ccc(C(=O)Oc2ccc(C#N)cc2)cc1.N#Cc1ccc(OC(=O)c2ccc(COC(=O)C3CO3)cc2)cc1.N#N. The Bertz CT molecular complexity index is 2870. The minimum absolute atomic E-state index is 0.107. The molecular formula is C53H39N5O11. The van der Waals surface area contributed by atoms with Gasteiger partial charge in [0.05, 0.1) is 52.6 Å². The fourth-order valence-corrected chi connectivity index (χ4v) is 5.39. The van der Waals surface area contributed by atoms with Crippen molar-refractivity contribution in [2.24, 2.45) is 0 Å². The average Bonchev–Trinajstić information content (AvgIpc) is 4.27. The smallest absolute Gasteiger partial charge is 0.343 e. The van der Waals surface area contributed by atoms with Crippen LogP contribution in [-0.2, 0) is 53.2 Å². The van der Waals surface area contributed by atoms with Crippen LogP contribution in [0.2, 0.25) is 0 Å². The molecule has 0 N–H and O–H groups in total. The number of nitrogens with zero attached hydrogens (tertiary/aromatic N) is 5. The Morgan fingerprint density at radius 3 is 1.12 bits per heavy atom. The van der Waals surface area contributed by atoms with Crippen LogP contribution in [0.3, 0.4) is 0 Å². The summed E-state index contributed by atoms with van der Waals surface area (Å²) in [6.07, 6.45) is 1.81. The minimum atomic E-state index is -0.510. The molecule has 1 heterocycles. The summed E-state index contributed by atoms with van der Waals surface area (Å²) in [5.41, 5.74) is 6.88. The Balaban J connectivity index is 0.000000222. The lowest BCUT2D eigenvalue weighted by atomic mass is 10.0. The summed E-state index contributed by atoms with van der Waals surface area (Å²) in [5.74, 6) is -1.60. The van der Waals surface area contributed by atoms with Gasteiger partial charge in [0.25, 0.3) is 0 Å². The van der Waals surface area contributed by atoms with E-state index in [0.29, 0.717) is 45.9 Å². The molecule has 1 atom stereocenters. The van der Waals surface area contributed by atoms with E-state index in [-0.39, 0.29) is 25.8 Å². The standard InChI is InChI=1S/C18H13NO5.C18H13NO4.C17H13NO2.N2/c19-9-12-3-7-15(8-4-12)24-17(20)14-5-1-13(2-6-14)10-23-18(21)16-11-22-16;1-2-17(20)22-12-14-3-7-15(8-4-14)18(21)23-16-9-5-13(11-19)6-10-16;1-2-17(19)20-12-14-5-9-16(10-6-14)15-7-3-13(11-18)4-8-15;1-2/h1-8,16H,10-11H2;2-10H,1,12H2;2-10H,1,12H2;. The van der Waals surface area contributed by atoms with E-state index in [9.17, 15) is 24.0 Å². The molecule has 0 bridgehead atoms. The van der Waals surface area contributed by atoms with Crippen molar-refractivity contribution in [3.63, 3.8) is 0 Å². The van der Waals surface area contributed by atoms with Crippen molar-refractivity contribution in [3.05, 3.63) is 215 Å². The van der Waals surface area contributed by atoms with Crippen molar-refractivity contribution in [3.8, 4) is 40.8 Å². The van der Waals surface area contributed by atoms with Crippen molar-refractivity contribution in [2.75, 3.05) is 6.61 Å². The normalized spacial score (nSPS) is 11.3. The van der Waals surface area contributed by atoms with Crippen molar-refractivity contribution >= 4 is 29.8 Å². The van der Waals surface area contributed by atoms with Gasteiger partial charge in [-0.1, -0.05) is 73.8 Å². The van der Waals surface area contributed by atoms with Gasteiger partial charge in [-0.3, -0.25) is 0 Å². The summed E-state index contributed by atoms with van der Waals surface area (Å²) in [6.45, 7) is 7.54. The molecule has 6 aromatic rings. The second-order valence-corrected chi connectivity index (χ2v) is 13.9. The molecule has 1 aliphatic heterocycles. The molecular weight excluding hydrogens is 883 g/mol. The molecule has 0 aromatic heterocycles. The van der Waals surface area contributed by atoms with Crippen LogP contribution < -0.4 is 9.47 Å². The van der Waals surface area contributed by atoms with E-state index >= 15 is 0 Å². The average molecular weight is 922 g/mol. The topological polar surface area (TPSA) is 263 Å². The van der Waals surface area contributed by atoms with Crippen LogP contribution >= 0.6 is 0 Å². The number of ether oxygens (including phenoxy) is 6. The number of esters is 5. The Kier molecular flexibility index (Phi) is 20.5. The van der Waals surface area contributed by atoms with Gasteiger partial charge >= 0.3 is 29.8 Å². The zero-order valence-electron chi connectivity index (χ0n) is 36.6. The number of epoxide rings is 1. The monoisotopic (exact) mass is 921 g/mol. The Morgan fingerprint density at radius 2 is 0.797 bits per heavy atom. The number of hydrogen-bond acceptors (Lipinski definition) is 16. The van der Waals surface area contributed by atoms with Gasteiger partial charge in [-0.05, 0) is 113 Å². The second kappa shape index (κ2) is 27.4. The first-order valence-electron chi connectivity index (χ1n) is 20.3. The maximum Gasteiger partial charge on any atom is 0.343 e. The minimum Gasteiger partial charge on any atom is -0.459 e. The molecule has 7 rings (SSSR count). The summed E-state index contributed by atoms with van der Waals surface area (Å²) < 4.78 is 30.2. The van der Waals surface area contributed by atoms with Crippen molar-refractivity contribution < 1.29 is 52.4 Å². The fraction of sp³-hybridized carbons (Fsp3) is 0.0943. The van der Waals surface area contributed by atoms with Gasteiger partial charge in [0.1, 0.15) is 31.3 Å². The Hall–Kier alpha value is -10.0. The number of nitriles is 3. The first kappa shape index (κ1) is 51.6. The zero-order chi connectivity index (χ0) is 50.0. The molecule has 0 spiro atoms. The van der Waals surface area contributed by atoms with Crippen molar-refractivity contribution in [2.45, 2.75) is 25.9 Å². The molecule has 69 heavy (non-hydrogen) atoms. The van der Waals surface area contributed by atoms with Crippen LogP contribution in [0.4, 0.5) is 0 Å². The van der Waals surface area contributed by atoms with E-state index in [0.717, 1.165) is 40.0 Å². The maximum atomic E-state index is 12.1. The molecule has 0 radical (unpaired) electrons. The fourth-order valence-electron chi connectivity index (χ4n) is 5.39. The summed E-state index contributed by atoms with van der Waals surface area (Å²) in [7, 11) is 0. The van der Waals surface area contributed by atoms with E-state index in [1.165, 1.54) is 0 Å². The van der Waals surface area contributed by atoms with Gasteiger partial charge in [0.15, 0.2) is 6.10 Å². The maximum absolute atomic E-state index is 12.1. The van der Waals surface area contributed by atoms with Crippen LogP contribution in [0.5, 0.6) is 11.5 Å². The van der Waals surface area contributed by atoms with Crippen LogP contribution in [0.15, 0.2) is 171 Å². The van der Waals surface area contributed by atoms with Gasteiger partial charge in [-0.25, -0.2) is 24.0 Å². The lowest BCUT2D eigenvalue weighted by Gasteiger charge is -2.06. The van der Waals surface area contributed by atoms with Gasteiger partial charge < -0.3 is 28.4 Å². The van der Waals surface area contributed by atoms with E-state index in [2.05, 4.69) is 19.2 Å². The molecule has 1 aliphatic rings. The summed E-state index contributed by atoms with van der Waals surface area (Å²) in [6, 6.07) is 46.8. The molecule has 1 fully saturated rings. The van der Waals surface area contributed by atoms with Gasteiger partial charge in [-0.2, -0.15) is 15.8 Å². The molecule has 342 valence electrons. The quantitative estimate of drug-likeness (QED) is 0.0247. The summed E-state index contributed by atoms with van der Waals surface area (Å²) in [4.78, 5) is 57.4. The number of carbonyl (C=O) groups excluding carboxylic acids is 5. The van der Waals surface area contributed by atoms with Crippen molar-refractivity contribution in [1.29, 1.82) is 26.6 Å². The largest absolute Gasteiger partial charge is 0.459 e. The molecule has 1 saturated heterocycles. The van der Waals surface area contributed by atoms with Gasteiger partial charge in [-0.15, -0.1) is 0 Å². The summed E-state index contributed by atoms with van der Waals surface area (Å²) >= 11 is 0. The molecule has 1 unspecified atom stereocenters. The van der Waals surface area contributed by atoms with Crippen LogP contribution in [0.25, 0.3) is 11.1 Å². The number of carbonyl (C=O) groups is 5. The predicted molar refractivity (Wildman–Crippen MR) is 245 cm³/mol. The molecule has 0 aliphatic carbocycles. The number of rotatable bonds is 14. The van der Waals surface area contributed by atoms with E-state index in [1.54, 1.807) is 109 Å². The van der Waals surface area contributed by atoms with E-state index in [4.69, 9.17) is 55.0 Å². The lowest BCUT2D eigenvalue weighted by Crippen LogP contribution is -2.11. The van der Waals surface area contributed by atoms with Gasteiger partial charge in [0, 0.05) is 22.9 Å². The first-order chi connectivity index (χ1) is 33.5. The van der Waals surface area contributed by atoms with Crippen LogP contribution in [-0.4, -0.2) is 42.6 Å². The van der Waals surface area contributed by atoms with Crippen LogP contribution in [0.1, 0.15) is 54.1 Å². The summed E-state index contributed by atoms with van der Waals surface area (Å²) in [5, 5.41) is 38.2. The van der Waals surface area contributed by atoms with Gasteiger partial charge in [0.2, 0.25) is 0 Å². The molecule has 16 nitrogen and oxygen atoms in total. The third-order valence-corrected chi connectivity index (χ3v) is 9.14. The molecule has 0 amide bonds. The zero-order valence-corrected chi connectivity index (χ0v) is 36.6. The molecule has 0 saturated carbocycles. The lowest BCUT2D eigenvalue weighted by molar-refractivity contribution is -0.146. The highest BCUT2D eigenvalue weighted by Gasteiger charge is 2.32. The Labute approximate surface area is 396 Å². The number of benzene rings is 6. The second-order valence-electron chi connectivity index (χ2n) is 13.9. The van der Waals surface area contributed by atoms with E-state index < -0.39 is 30.0 Å². The van der Waals surface area contributed by atoms with Crippen molar-refractivity contribution in [1.82, 2.24) is 0 Å². The number of hydrogen-bond donors (Lipinski definition) is 0.